The average molecular weight is 602 g/mol. The predicted octanol–water partition coefficient (Wildman–Crippen LogP) is 8.23. The number of rotatable bonds is 11. The predicted molar refractivity (Wildman–Crippen MR) is 162 cm³/mol. The van der Waals surface area contributed by atoms with Gasteiger partial charge in [0, 0.05) is 29.7 Å². The molecule has 0 saturated heterocycles. The van der Waals surface area contributed by atoms with Crippen molar-refractivity contribution in [2.24, 2.45) is 0 Å². The van der Waals surface area contributed by atoms with Gasteiger partial charge in [0.05, 0.1) is 29.7 Å². The molecule has 0 amide bonds. The summed E-state index contributed by atoms with van der Waals surface area (Å²) in [6.45, 7) is 18.4. The van der Waals surface area contributed by atoms with Crippen LogP contribution in [0.3, 0.4) is 0 Å². The summed E-state index contributed by atoms with van der Waals surface area (Å²) in [4.78, 5) is 24.4. The Balaban J connectivity index is 2.04. The van der Waals surface area contributed by atoms with Crippen LogP contribution in [0.15, 0.2) is 49.4 Å². The Hall–Kier alpha value is -3.41. The molecular formula is C29H37ClFN5O4Si. The fourth-order valence-electron chi connectivity index (χ4n) is 4.19. The van der Waals surface area contributed by atoms with Crippen LogP contribution in [0.25, 0.3) is 11.1 Å². The summed E-state index contributed by atoms with van der Waals surface area (Å²) in [5, 5.41) is 15.2. The number of pyridine rings is 1. The minimum Gasteiger partial charge on any atom is -0.496 e. The van der Waals surface area contributed by atoms with Gasteiger partial charge in [-0.15, -0.1) is 6.58 Å². The molecule has 2 heterocycles. The van der Waals surface area contributed by atoms with E-state index in [0.717, 1.165) is 6.07 Å². The van der Waals surface area contributed by atoms with Gasteiger partial charge in [-0.25, -0.2) is 19.3 Å². The minimum atomic E-state index is -2.14. The molecule has 0 bridgehead atoms. The van der Waals surface area contributed by atoms with Gasteiger partial charge in [-0.1, -0.05) is 38.4 Å². The molecule has 41 heavy (non-hydrogen) atoms. The highest BCUT2D eigenvalue weighted by Gasteiger charge is 2.43. The number of anilines is 1. The van der Waals surface area contributed by atoms with Crippen molar-refractivity contribution < 1.29 is 18.5 Å². The Morgan fingerprint density at radius 3 is 2.37 bits per heavy atom. The number of nitrogens with zero attached hydrogens (tertiary/aromatic N) is 4. The third-order valence-electron chi connectivity index (χ3n) is 7.30. The van der Waals surface area contributed by atoms with Crippen molar-refractivity contribution in [1.29, 1.82) is 0 Å². The maximum Gasteiger partial charge on any atom is 0.295 e. The molecule has 0 fully saturated rings. The van der Waals surface area contributed by atoms with Gasteiger partial charge in [-0.2, -0.15) is 0 Å². The summed E-state index contributed by atoms with van der Waals surface area (Å²) in [7, 11) is -0.651. The molecule has 1 atom stereocenters. The van der Waals surface area contributed by atoms with Gasteiger partial charge in [0.15, 0.2) is 14.1 Å². The minimum absolute atomic E-state index is 0.0109. The Labute approximate surface area is 246 Å². The number of hydrogen-bond acceptors (Lipinski definition) is 8. The van der Waals surface area contributed by atoms with Gasteiger partial charge < -0.3 is 14.5 Å². The van der Waals surface area contributed by atoms with Crippen LogP contribution in [-0.4, -0.2) is 35.3 Å². The zero-order valence-corrected chi connectivity index (χ0v) is 26.5. The zero-order chi connectivity index (χ0) is 30.8. The lowest BCUT2D eigenvalue weighted by Gasteiger charge is -2.42. The molecule has 0 aliphatic carbocycles. The number of nitrogens with one attached hydrogen (secondary N) is 1. The Morgan fingerprint density at radius 1 is 1.20 bits per heavy atom. The van der Waals surface area contributed by atoms with Gasteiger partial charge in [-0.05, 0) is 50.5 Å². The quantitative estimate of drug-likeness (QED) is 0.0768. The summed E-state index contributed by atoms with van der Waals surface area (Å²) < 4.78 is 27.3. The number of aromatic nitrogens is 3. The van der Waals surface area contributed by atoms with Crippen LogP contribution >= 0.6 is 11.6 Å². The third-order valence-corrected chi connectivity index (χ3v) is 12.2. The second-order valence-corrected chi connectivity index (χ2v) is 16.8. The van der Waals surface area contributed by atoms with E-state index in [4.69, 9.17) is 20.8 Å². The van der Waals surface area contributed by atoms with Gasteiger partial charge in [0.1, 0.15) is 28.0 Å². The van der Waals surface area contributed by atoms with Crippen LogP contribution in [-0.2, 0) is 10.0 Å². The Morgan fingerprint density at radius 2 is 1.83 bits per heavy atom. The summed E-state index contributed by atoms with van der Waals surface area (Å²) in [5.41, 5.74) is -0.207. The van der Waals surface area contributed by atoms with E-state index in [1.54, 1.807) is 12.1 Å². The van der Waals surface area contributed by atoms with Crippen molar-refractivity contribution in [3.05, 3.63) is 81.9 Å². The Bertz CT molecular complexity index is 1430. The fourth-order valence-corrected chi connectivity index (χ4v) is 6.15. The lowest BCUT2D eigenvalue weighted by Crippen LogP contribution is -2.46. The lowest BCUT2D eigenvalue weighted by atomic mass is 10.0. The number of hydrogen-bond donors (Lipinski definition) is 1. The van der Waals surface area contributed by atoms with Crippen LogP contribution in [0.1, 0.15) is 58.5 Å². The van der Waals surface area contributed by atoms with E-state index >= 15 is 4.39 Å². The first kappa shape index (κ1) is 32.1. The lowest BCUT2D eigenvalue weighted by molar-refractivity contribution is -0.384. The van der Waals surface area contributed by atoms with Gasteiger partial charge in [0.2, 0.25) is 0 Å². The normalized spacial score (nSPS) is 13.0. The first-order valence-corrected chi connectivity index (χ1v) is 16.4. The van der Waals surface area contributed by atoms with E-state index < -0.39 is 36.4 Å². The standard InChI is InChI=1S/C29H37ClFN5O4Si/c1-10-11-21(25-24(39-7)12-13-32-26(25)30)35-22-14-19(20(31)15-23(22)36(37)38)18-16-33-27(34-17-18)29(5,6)40-41(8,9)28(2,3)4/h10,12-17,21,35H,1,11H2,2-9H3/t21-/m1/s1. The summed E-state index contributed by atoms with van der Waals surface area (Å²) >= 11 is 6.39. The number of nitro benzene ring substituents is 1. The molecule has 1 N–H and O–H groups in total. The van der Waals surface area contributed by atoms with E-state index in [1.807, 2.05) is 13.8 Å². The van der Waals surface area contributed by atoms with E-state index in [-0.39, 0.29) is 21.4 Å². The fraction of sp³-hybridized carbons (Fsp3) is 0.414. The Kier molecular flexibility index (Phi) is 9.57. The van der Waals surface area contributed by atoms with E-state index in [2.05, 4.69) is 60.7 Å². The molecule has 9 nitrogen and oxygen atoms in total. The highest BCUT2D eigenvalue weighted by atomic mass is 35.5. The average Bonchev–Trinajstić information content (AvgIpc) is 2.87. The smallest absolute Gasteiger partial charge is 0.295 e. The number of nitro groups is 1. The highest BCUT2D eigenvalue weighted by Crippen LogP contribution is 2.42. The monoisotopic (exact) mass is 601 g/mol. The molecule has 2 aromatic heterocycles. The van der Waals surface area contributed by atoms with Gasteiger partial charge in [0.25, 0.3) is 5.69 Å². The van der Waals surface area contributed by atoms with Gasteiger partial charge in [-0.3, -0.25) is 10.1 Å². The van der Waals surface area contributed by atoms with Crippen molar-refractivity contribution in [3.63, 3.8) is 0 Å². The van der Waals surface area contributed by atoms with Crippen LogP contribution in [0.4, 0.5) is 15.8 Å². The molecule has 0 aliphatic heterocycles. The van der Waals surface area contributed by atoms with Crippen LogP contribution in [0.5, 0.6) is 5.75 Å². The number of benzene rings is 1. The maximum atomic E-state index is 15.3. The molecule has 220 valence electrons. The van der Waals surface area contributed by atoms with Crippen LogP contribution < -0.4 is 10.1 Å². The first-order valence-electron chi connectivity index (χ1n) is 13.1. The van der Waals surface area contributed by atoms with E-state index in [9.17, 15) is 10.1 Å². The van der Waals surface area contributed by atoms with Crippen molar-refractivity contribution in [2.45, 2.75) is 70.8 Å². The number of ether oxygens (including phenoxy) is 1. The SMILES string of the molecule is C=CC[C@@H](Nc1cc(-c2cnc(C(C)(C)O[Si](C)(C)C(C)(C)C)nc2)c(F)cc1[N+](=O)[O-])c1c(OC)ccnc1Cl. The summed E-state index contributed by atoms with van der Waals surface area (Å²) in [6.07, 6.45) is 6.45. The van der Waals surface area contributed by atoms with Crippen LogP contribution in [0.2, 0.25) is 23.3 Å². The molecule has 0 aliphatic rings. The number of halogens is 2. The molecule has 3 aromatic rings. The number of methoxy groups -OCH3 is 1. The molecule has 12 heteroatoms. The molecule has 0 unspecified atom stereocenters. The molecular weight excluding hydrogens is 565 g/mol. The van der Waals surface area contributed by atoms with Crippen molar-refractivity contribution >= 4 is 31.3 Å². The zero-order valence-electron chi connectivity index (χ0n) is 24.7. The summed E-state index contributed by atoms with van der Waals surface area (Å²) in [6, 6.07) is 3.28. The largest absolute Gasteiger partial charge is 0.496 e. The summed E-state index contributed by atoms with van der Waals surface area (Å²) in [5.74, 6) is 0.115. The highest BCUT2D eigenvalue weighted by molar-refractivity contribution is 6.74. The molecule has 0 saturated carbocycles. The van der Waals surface area contributed by atoms with Gasteiger partial charge >= 0.3 is 0 Å². The molecule has 1 aromatic carbocycles. The third kappa shape index (κ3) is 7.09. The second kappa shape index (κ2) is 12.2. The van der Waals surface area contributed by atoms with E-state index in [0.29, 0.717) is 29.1 Å². The molecule has 0 spiro atoms. The topological polar surface area (TPSA) is 112 Å². The van der Waals surface area contributed by atoms with Crippen molar-refractivity contribution in [3.8, 4) is 16.9 Å². The molecule has 3 rings (SSSR count). The van der Waals surface area contributed by atoms with Crippen molar-refractivity contribution in [1.82, 2.24) is 15.0 Å². The maximum absolute atomic E-state index is 15.3. The molecule has 0 radical (unpaired) electrons. The van der Waals surface area contributed by atoms with Crippen molar-refractivity contribution in [2.75, 3.05) is 12.4 Å². The van der Waals surface area contributed by atoms with E-state index in [1.165, 1.54) is 31.8 Å². The first-order chi connectivity index (χ1) is 19.0. The van der Waals surface area contributed by atoms with Crippen LogP contribution in [0, 0.1) is 15.9 Å². The second-order valence-electron chi connectivity index (χ2n) is 11.7.